The molecule has 3 fully saturated rings. The van der Waals surface area contributed by atoms with Crippen LogP contribution in [-0.2, 0) is 0 Å². The highest BCUT2D eigenvalue weighted by Crippen LogP contribution is 2.44. The standard InChI is InChI=1S/C19H34S2/c20-18-8-4-7-15(11-18)17-10-9-16(12-19(21)13-17)14-5-2-1-3-6-14/h14-21H,1-13H2. The Morgan fingerprint density at radius 1 is 0.429 bits per heavy atom. The van der Waals surface area contributed by atoms with Gasteiger partial charge in [0.1, 0.15) is 0 Å². The molecule has 0 aromatic heterocycles. The fourth-order valence-electron chi connectivity index (χ4n) is 5.55. The second kappa shape index (κ2) is 7.99. The Morgan fingerprint density at radius 3 is 1.62 bits per heavy atom. The molecule has 0 amide bonds. The summed E-state index contributed by atoms with van der Waals surface area (Å²) in [4.78, 5) is 0. The summed E-state index contributed by atoms with van der Waals surface area (Å²) in [5.74, 6) is 3.95. The van der Waals surface area contributed by atoms with E-state index < -0.39 is 0 Å². The van der Waals surface area contributed by atoms with Crippen LogP contribution in [0.25, 0.3) is 0 Å². The van der Waals surface area contributed by atoms with E-state index in [0.717, 1.165) is 23.7 Å². The third kappa shape index (κ3) is 4.59. The van der Waals surface area contributed by atoms with Gasteiger partial charge in [-0.15, -0.1) is 0 Å². The van der Waals surface area contributed by atoms with Gasteiger partial charge < -0.3 is 0 Å². The van der Waals surface area contributed by atoms with Crippen molar-refractivity contribution in [1.29, 1.82) is 0 Å². The monoisotopic (exact) mass is 326 g/mol. The van der Waals surface area contributed by atoms with Crippen LogP contribution in [-0.4, -0.2) is 10.5 Å². The molecule has 122 valence electrons. The van der Waals surface area contributed by atoms with Gasteiger partial charge in [0.05, 0.1) is 0 Å². The summed E-state index contributed by atoms with van der Waals surface area (Å²) in [7, 11) is 0. The number of rotatable bonds is 2. The van der Waals surface area contributed by atoms with Crippen LogP contribution < -0.4 is 0 Å². The van der Waals surface area contributed by atoms with Crippen molar-refractivity contribution >= 4 is 25.3 Å². The maximum absolute atomic E-state index is 4.99. The SMILES string of the molecule is SC1CCCC(C2CCC(C3CCCCC3)CC(S)C2)C1. The van der Waals surface area contributed by atoms with Gasteiger partial charge in [0.2, 0.25) is 0 Å². The number of hydrogen-bond donors (Lipinski definition) is 2. The van der Waals surface area contributed by atoms with Gasteiger partial charge in [-0.05, 0) is 62.2 Å². The highest BCUT2D eigenvalue weighted by atomic mass is 32.1. The Balaban J connectivity index is 1.57. The second-order valence-corrected chi connectivity index (χ2v) is 9.66. The summed E-state index contributed by atoms with van der Waals surface area (Å²) >= 11 is 9.76. The lowest BCUT2D eigenvalue weighted by Crippen LogP contribution is -2.24. The molecule has 0 N–H and O–H groups in total. The number of hydrogen-bond acceptors (Lipinski definition) is 2. The molecule has 0 aliphatic heterocycles. The van der Waals surface area contributed by atoms with E-state index in [4.69, 9.17) is 25.3 Å². The van der Waals surface area contributed by atoms with Crippen molar-refractivity contribution in [3.8, 4) is 0 Å². The van der Waals surface area contributed by atoms with E-state index in [1.165, 1.54) is 83.5 Å². The van der Waals surface area contributed by atoms with E-state index in [1.807, 2.05) is 0 Å². The van der Waals surface area contributed by atoms with E-state index in [2.05, 4.69) is 0 Å². The van der Waals surface area contributed by atoms with Crippen LogP contribution in [0.3, 0.4) is 0 Å². The first kappa shape index (κ1) is 16.6. The van der Waals surface area contributed by atoms with Crippen molar-refractivity contribution < 1.29 is 0 Å². The Morgan fingerprint density at radius 2 is 0.952 bits per heavy atom. The molecule has 0 radical (unpaired) electrons. The molecule has 5 unspecified atom stereocenters. The minimum Gasteiger partial charge on any atom is -0.176 e. The molecule has 3 saturated carbocycles. The molecule has 3 aliphatic rings. The largest absolute Gasteiger partial charge is 0.176 e. The molecule has 0 nitrogen and oxygen atoms in total. The first-order chi connectivity index (χ1) is 10.2. The fraction of sp³-hybridized carbons (Fsp3) is 1.00. The van der Waals surface area contributed by atoms with E-state index in [0.29, 0.717) is 10.5 Å². The lowest BCUT2D eigenvalue weighted by Gasteiger charge is -2.33. The Hall–Kier alpha value is 0.700. The van der Waals surface area contributed by atoms with Gasteiger partial charge in [0, 0.05) is 10.5 Å². The quantitative estimate of drug-likeness (QED) is 0.440. The zero-order valence-corrected chi connectivity index (χ0v) is 15.3. The van der Waals surface area contributed by atoms with Crippen molar-refractivity contribution in [2.75, 3.05) is 0 Å². The Bertz CT molecular complexity index is 311. The maximum Gasteiger partial charge on any atom is 0.00222 e. The summed E-state index contributed by atoms with van der Waals surface area (Å²) in [6, 6.07) is 0. The van der Waals surface area contributed by atoms with Crippen molar-refractivity contribution in [2.24, 2.45) is 23.7 Å². The van der Waals surface area contributed by atoms with Gasteiger partial charge >= 0.3 is 0 Å². The van der Waals surface area contributed by atoms with E-state index in [-0.39, 0.29) is 0 Å². The molecule has 0 aromatic carbocycles. The van der Waals surface area contributed by atoms with Crippen LogP contribution >= 0.6 is 25.3 Å². The van der Waals surface area contributed by atoms with Crippen molar-refractivity contribution in [3.05, 3.63) is 0 Å². The minimum atomic E-state index is 0.671. The van der Waals surface area contributed by atoms with Crippen molar-refractivity contribution in [2.45, 2.75) is 94.0 Å². The lowest BCUT2D eigenvalue weighted by molar-refractivity contribution is 0.208. The molecular formula is C19H34S2. The molecule has 0 saturated heterocycles. The lowest BCUT2D eigenvalue weighted by atomic mass is 9.75. The maximum atomic E-state index is 4.99. The van der Waals surface area contributed by atoms with Crippen LogP contribution in [0, 0.1) is 23.7 Å². The summed E-state index contributed by atoms with van der Waals surface area (Å²) in [6.45, 7) is 0. The third-order valence-electron chi connectivity index (χ3n) is 6.73. The molecule has 0 spiro atoms. The fourth-order valence-corrected chi connectivity index (χ4v) is 6.54. The topological polar surface area (TPSA) is 0 Å². The Labute approximate surface area is 143 Å². The molecule has 2 heteroatoms. The van der Waals surface area contributed by atoms with Crippen LogP contribution in [0.4, 0.5) is 0 Å². The van der Waals surface area contributed by atoms with Gasteiger partial charge in [-0.2, -0.15) is 25.3 Å². The van der Waals surface area contributed by atoms with Crippen molar-refractivity contribution in [1.82, 2.24) is 0 Å². The second-order valence-electron chi connectivity index (χ2n) is 8.20. The molecule has 21 heavy (non-hydrogen) atoms. The Kier molecular flexibility index (Phi) is 6.30. The van der Waals surface area contributed by atoms with Gasteiger partial charge in [-0.3, -0.25) is 0 Å². The van der Waals surface area contributed by atoms with Crippen LogP contribution in [0.2, 0.25) is 0 Å². The van der Waals surface area contributed by atoms with E-state index in [1.54, 1.807) is 0 Å². The zero-order chi connectivity index (χ0) is 14.7. The average Bonchev–Trinajstić information content (AvgIpc) is 2.70. The van der Waals surface area contributed by atoms with Gasteiger partial charge in [-0.25, -0.2) is 0 Å². The number of thiol groups is 2. The first-order valence-electron chi connectivity index (χ1n) is 9.58. The summed E-state index contributed by atoms with van der Waals surface area (Å²) in [5.41, 5.74) is 0. The highest BCUT2D eigenvalue weighted by molar-refractivity contribution is 7.81. The normalized spacial score (nSPS) is 43.4. The molecule has 3 aliphatic carbocycles. The summed E-state index contributed by atoms with van der Waals surface area (Å²) in [5, 5.41) is 1.35. The van der Waals surface area contributed by atoms with Crippen LogP contribution in [0.15, 0.2) is 0 Å². The minimum absolute atomic E-state index is 0.671. The van der Waals surface area contributed by atoms with Gasteiger partial charge in [0.25, 0.3) is 0 Å². The predicted molar refractivity (Wildman–Crippen MR) is 99.5 cm³/mol. The molecule has 3 rings (SSSR count). The average molecular weight is 327 g/mol. The first-order valence-corrected chi connectivity index (χ1v) is 10.6. The smallest absolute Gasteiger partial charge is 0.00222 e. The van der Waals surface area contributed by atoms with E-state index in [9.17, 15) is 0 Å². The summed E-state index contributed by atoms with van der Waals surface area (Å²) < 4.78 is 0. The third-order valence-corrected chi connectivity index (χ3v) is 7.62. The van der Waals surface area contributed by atoms with Crippen molar-refractivity contribution in [3.63, 3.8) is 0 Å². The molecule has 0 aromatic rings. The highest BCUT2D eigenvalue weighted by Gasteiger charge is 2.34. The molecule has 5 atom stereocenters. The van der Waals surface area contributed by atoms with Crippen LogP contribution in [0.1, 0.15) is 83.5 Å². The molecule has 0 bridgehead atoms. The molecular weight excluding hydrogens is 292 g/mol. The van der Waals surface area contributed by atoms with Gasteiger partial charge in [-0.1, -0.05) is 44.9 Å². The van der Waals surface area contributed by atoms with E-state index >= 15 is 0 Å². The zero-order valence-electron chi connectivity index (χ0n) is 13.6. The molecule has 0 heterocycles. The van der Waals surface area contributed by atoms with Crippen LogP contribution in [0.5, 0.6) is 0 Å². The summed E-state index contributed by atoms with van der Waals surface area (Å²) in [6.07, 6.45) is 18.9. The predicted octanol–water partition coefficient (Wildman–Crippen LogP) is 6.16. The van der Waals surface area contributed by atoms with Gasteiger partial charge in [0.15, 0.2) is 0 Å².